The number of amides is 2. The van der Waals surface area contributed by atoms with Gasteiger partial charge in [0.25, 0.3) is 5.91 Å². The molecular weight excluding hydrogens is 364 g/mol. The zero-order chi connectivity index (χ0) is 19.4. The molecule has 0 saturated carbocycles. The summed E-state index contributed by atoms with van der Waals surface area (Å²) in [5.41, 5.74) is 3.26. The van der Waals surface area contributed by atoms with Crippen molar-refractivity contribution in [3.63, 3.8) is 0 Å². The maximum atomic E-state index is 12.4. The fraction of sp³-hybridized carbons (Fsp3) is 0.167. The second-order valence-corrected chi connectivity index (χ2v) is 6.71. The molecule has 138 valence electrons. The lowest BCUT2D eigenvalue weighted by Gasteiger charge is -2.06. The van der Waals surface area contributed by atoms with Crippen molar-refractivity contribution in [3.05, 3.63) is 52.8 Å². The number of aromatic nitrogens is 3. The van der Waals surface area contributed by atoms with Crippen LogP contribution in [0, 0.1) is 13.8 Å². The molecule has 27 heavy (non-hydrogen) atoms. The van der Waals surface area contributed by atoms with Gasteiger partial charge in [0.15, 0.2) is 5.13 Å². The molecule has 0 bridgehead atoms. The first-order chi connectivity index (χ1) is 12.9. The van der Waals surface area contributed by atoms with E-state index in [1.807, 2.05) is 19.9 Å². The van der Waals surface area contributed by atoms with Crippen LogP contribution in [0.25, 0.3) is 0 Å². The lowest BCUT2D eigenvalue weighted by atomic mass is 10.2. The minimum atomic E-state index is -0.326. The van der Waals surface area contributed by atoms with E-state index in [-0.39, 0.29) is 17.5 Å². The smallest absolute Gasteiger partial charge is 0.275 e. The summed E-state index contributed by atoms with van der Waals surface area (Å²) in [7, 11) is 0. The molecular formula is C18H18N6O2S. The highest BCUT2D eigenvalue weighted by molar-refractivity contribution is 7.14. The highest BCUT2D eigenvalue weighted by Gasteiger charge is 2.12. The molecule has 0 fully saturated rings. The average Bonchev–Trinajstić information content (AvgIpc) is 3.04. The normalized spacial score (nSPS) is 10.3. The molecule has 2 heterocycles. The largest absolute Gasteiger partial charge is 0.326 e. The minimum absolute atomic E-state index is 0.151. The Balaban J connectivity index is 1.65. The fourth-order valence-corrected chi connectivity index (χ4v) is 3.03. The van der Waals surface area contributed by atoms with Gasteiger partial charge in [0.05, 0.1) is 0 Å². The second kappa shape index (κ2) is 7.92. The predicted molar refractivity (Wildman–Crippen MR) is 106 cm³/mol. The minimum Gasteiger partial charge on any atom is -0.326 e. The molecule has 9 heteroatoms. The van der Waals surface area contributed by atoms with E-state index in [2.05, 4.69) is 30.9 Å². The van der Waals surface area contributed by atoms with Gasteiger partial charge in [0, 0.05) is 35.1 Å². The van der Waals surface area contributed by atoms with Crippen LogP contribution in [0.3, 0.4) is 0 Å². The number of hydrogen-bond donors (Lipinski definition) is 3. The first-order valence-electron chi connectivity index (χ1n) is 8.13. The Bertz CT molecular complexity index is 964. The van der Waals surface area contributed by atoms with Crippen LogP contribution in [-0.4, -0.2) is 26.8 Å². The van der Waals surface area contributed by atoms with Gasteiger partial charge < -0.3 is 16.0 Å². The van der Waals surface area contributed by atoms with Crippen LogP contribution in [-0.2, 0) is 4.79 Å². The van der Waals surface area contributed by atoms with Crippen molar-refractivity contribution in [1.82, 2.24) is 15.0 Å². The molecule has 2 amide bonds. The van der Waals surface area contributed by atoms with Crippen LogP contribution >= 0.6 is 11.3 Å². The van der Waals surface area contributed by atoms with Gasteiger partial charge in [-0.1, -0.05) is 0 Å². The van der Waals surface area contributed by atoms with Crippen LogP contribution in [0.2, 0.25) is 0 Å². The molecule has 0 atom stereocenters. The SMILES string of the molecule is CC(=O)Nc1ccc(NC(=O)c2csc(Nc3nc(C)cc(C)n3)n2)cc1. The summed E-state index contributed by atoms with van der Waals surface area (Å²) in [4.78, 5) is 36.2. The first-order valence-corrected chi connectivity index (χ1v) is 9.01. The van der Waals surface area contributed by atoms with Gasteiger partial charge in [0.1, 0.15) is 5.69 Å². The van der Waals surface area contributed by atoms with Gasteiger partial charge in [-0.25, -0.2) is 15.0 Å². The van der Waals surface area contributed by atoms with E-state index >= 15 is 0 Å². The molecule has 3 N–H and O–H groups in total. The van der Waals surface area contributed by atoms with Gasteiger partial charge >= 0.3 is 0 Å². The molecule has 8 nitrogen and oxygen atoms in total. The molecule has 0 aliphatic carbocycles. The monoisotopic (exact) mass is 382 g/mol. The van der Waals surface area contributed by atoms with Gasteiger partial charge in [0.2, 0.25) is 11.9 Å². The second-order valence-electron chi connectivity index (χ2n) is 5.85. The Morgan fingerprint density at radius 3 is 2.11 bits per heavy atom. The lowest BCUT2D eigenvalue weighted by molar-refractivity contribution is -0.114. The Kier molecular flexibility index (Phi) is 5.41. The van der Waals surface area contributed by atoms with E-state index in [9.17, 15) is 9.59 Å². The van der Waals surface area contributed by atoms with Crippen LogP contribution in [0.15, 0.2) is 35.7 Å². The number of carbonyl (C=O) groups is 2. The molecule has 2 aromatic heterocycles. The van der Waals surface area contributed by atoms with E-state index in [1.165, 1.54) is 18.3 Å². The van der Waals surface area contributed by atoms with Gasteiger partial charge in [-0.3, -0.25) is 9.59 Å². The van der Waals surface area contributed by atoms with E-state index in [1.54, 1.807) is 29.6 Å². The van der Waals surface area contributed by atoms with Crippen molar-refractivity contribution in [2.45, 2.75) is 20.8 Å². The Labute approximate surface area is 160 Å². The number of nitrogens with zero attached hydrogens (tertiary/aromatic N) is 3. The summed E-state index contributed by atoms with van der Waals surface area (Å²) in [6.07, 6.45) is 0. The van der Waals surface area contributed by atoms with Crippen LogP contribution in [0.4, 0.5) is 22.5 Å². The number of hydrogen-bond acceptors (Lipinski definition) is 7. The number of nitrogens with one attached hydrogen (secondary N) is 3. The van der Waals surface area contributed by atoms with Crippen LogP contribution in [0.5, 0.6) is 0 Å². The number of anilines is 4. The van der Waals surface area contributed by atoms with Crippen LogP contribution in [0.1, 0.15) is 28.8 Å². The Hall–Kier alpha value is -3.33. The standard InChI is InChI=1S/C18H18N6O2S/c1-10-8-11(2)20-17(19-10)24-18-23-15(9-27-18)16(26)22-14-6-4-13(5-7-14)21-12(3)25/h4-9H,1-3H3,(H,21,25)(H,22,26)(H,19,20,23,24). The van der Waals surface area contributed by atoms with Gasteiger partial charge in [-0.2, -0.15) is 0 Å². The quantitative estimate of drug-likeness (QED) is 0.623. The van der Waals surface area contributed by atoms with Crippen molar-refractivity contribution in [2.24, 2.45) is 0 Å². The lowest BCUT2D eigenvalue weighted by Crippen LogP contribution is -2.12. The average molecular weight is 382 g/mol. The Morgan fingerprint density at radius 2 is 1.52 bits per heavy atom. The summed E-state index contributed by atoms with van der Waals surface area (Å²) in [6.45, 7) is 5.21. The molecule has 0 radical (unpaired) electrons. The third kappa shape index (κ3) is 5.08. The van der Waals surface area contributed by atoms with Crippen molar-refractivity contribution in [1.29, 1.82) is 0 Å². The third-order valence-corrected chi connectivity index (χ3v) is 4.16. The number of aryl methyl sites for hydroxylation is 2. The molecule has 3 rings (SSSR count). The molecule has 1 aromatic carbocycles. The summed E-state index contributed by atoms with van der Waals surface area (Å²) >= 11 is 1.29. The first kappa shape index (κ1) is 18.5. The molecule has 3 aromatic rings. The number of benzene rings is 1. The highest BCUT2D eigenvalue weighted by Crippen LogP contribution is 2.20. The van der Waals surface area contributed by atoms with E-state index in [0.29, 0.717) is 22.5 Å². The summed E-state index contributed by atoms with van der Waals surface area (Å²) < 4.78 is 0. The number of thiazole rings is 1. The fourth-order valence-electron chi connectivity index (χ4n) is 2.35. The van der Waals surface area contributed by atoms with E-state index in [4.69, 9.17) is 0 Å². The number of carbonyl (C=O) groups excluding carboxylic acids is 2. The van der Waals surface area contributed by atoms with Gasteiger partial charge in [-0.15, -0.1) is 11.3 Å². The number of rotatable bonds is 5. The van der Waals surface area contributed by atoms with E-state index in [0.717, 1.165) is 11.4 Å². The van der Waals surface area contributed by atoms with Gasteiger partial charge in [-0.05, 0) is 44.2 Å². The zero-order valence-corrected chi connectivity index (χ0v) is 15.8. The highest BCUT2D eigenvalue weighted by atomic mass is 32.1. The maximum absolute atomic E-state index is 12.4. The molecule has 0 saturated heterocycles. The molecule has 0 aliphatic rings. The van der Waals surface area contributed by atoms with Crippen LogP contribution < -0.4 is 16.0 Å². The van der Waals surface area contributed by atoms with E-state index < -0.39 is 0 Å². The van der Waals surface area contributed by atoms with Crippen molar-refractivity contribution in [2.75, 3.05) is 16.0 Å². The van der Waals surface area contributed by atoms with Crippen molar-refractivity contribution >= 4 is 45.6 Å². The molecule has 0 spiro atoms. The summed E-state index contributed by atoms with van der Waals surface area (Å²) in [5, 5.41) is 10.6. The Morgan fingerprint density at radius 1 is 0.926 bits per heavy atom. The predicted octanol–water partition coefficient (Wildman–Crippen LogP) is 3.50. The summed E-state index contributed by atoms with van der Waals surface area (Å²) in [5.74, 6) is -0.0302. The topological polar surface area (TPSA) is 109 Å². The molecule has 0 unspecified atom stereocenters. The van der Waals surface area contributed by atoms with Crippen molar-refractivity contribution < 1.29 is 9.59 Å². The maximum Gasteiger partial charge on any atom is 0.275 e. The van der Waals surface area contributed by atoms with Crippen molar-refractivity contribution in [3.8, 4) is 0 Å². The third-order valence-electron chi connectivity index (χ3n) is 3.40. The summed E-state index contributed by atoms with van der Waals surface area (Å²) in [6, 6.07) is 8.71. The zero-order valence-electron chi connectivity index (χ0n) is 15.0. The molecule has 0 aliphatic heterocycles.